The van der Waals surface area contributed by atoms with E-state index >= 15 is 0 Å². The highest BCUT2D eigenvalue weighted by molar-refractivity contribution is 5.69. The Balaban J connectivity index is 1.87. The number of benzene rings is 1. The van der Waals surface area contributed by atoms with Gasteiger partial charge in [-0.15, -0.1) is 0 Å². The van der Waals surface area contributed by atoms with Crippen molar-refractivity contribution in [3.05, 3.63) is 54.2 Å². The predicted octanol–water partition coefficient (Wildman–Crippen LogP) is 4.94. The van der Waals surface area contributed by atoms with Gasteiger partial charge in [0.05, 0.1) is 18.3 Å². The lowest BCUT2D eigenvalue weighted by Crippen LogP contribution is -2.15. The van der Waals surface area contributed by atoms with E-state index in [0.717, 1.165) is 5.56 Å². The van der Waals surface area contributed by atoms with E-state index in [4.69, 9.17) is 4.74 Å². The van der Waals surface area contributed by atoms with E-state index in [1.54, 1.807) is 35.9 Å². The Kier molecular flexibility index (Phi) is 4.52. The highest BCUT2D eigenvalue weighted by atomic mass is 19.4. The summed E-state index contributed by atoms with van der Waals surface area (Å²) in [5.41, 5.74) is 1.62. The Morgan fingerprint density at radius 2 is 2.04 bits per heavy atom. The molecule has 1 N–H and O–H groups in total. The van der Waals surface area contributed by atoms with Crippen LogP contribution < -0.4 is 10.1 Å². The van der Waals surface area contributed by atoms with Gasteiger partial charge in [-0.2, -0.15) is 13.2 Å². The van der Waals surface area contributed by atoms with Crippen LogP contribution in [-0.4, -0.2) is 22.1 Å². The Morgan fingerprint density at radius 3 is 2.80 bits per heavy atom. The van der Waals surface area contributed by atoms with E-state index < -0.39 is 18.4 Å². The molecule has 25 heavy (non-hydrogen) atoms. The Morgan fingerprint density at radius 1 is 1.24 bits per heavy atom. The highest BCUT2D eigenvalue weighted by Gasteiger charge is 2.26. The van der Waals surface area contributed by atoms with Gasteiger partial charge in [0.15, 0.2) is 5.65 Å². The number of aromatic nitrogens is 2. The molecule has 0 saturated carbocycles. The molecule has 8 heteroatoms. The van der Waals surface area contributed by atoms with Crippen molar-refractivity contribution in [1.29, 1.82) is 0 Å². The average Bonchev–Trinajstić information content (AvgIpc) is 2.98. The van der Waals surface area contributed by atoms with Crippen LogP contribution >= 0.6 is 0 Å². The third kappa shape index (κ3) is 4.20. The quantitative estimate of drug-likeness (QED) is 0.661. The van der Waals surface area contributed by atoms with Gasteiger partial charge >= 0.3 is 6.18 Å². The molecule has 0 aliphatic rings. The smallest absolute Gasteiger partial charge is 0.390 e. The zero-order chi connectivity index (χ0) is 18.0. The Labute approximate surface area is 141 Å². The summed E-state index contributed by atoms with van der Waals surface area (Å²) in [6.45, 7) is 1.49. The number of hydrogen-bond acceptors (Lipinski definition) is 3. The summed E-state index contributed by atoms with van der Waals surface area (Å²) < 4.78 is 57.7. The van der Waals surface area contributed by atoms with Gasteiger partial charge in [-0.3, -0.25) is 0 Å². The highest BCUT2D eigenvalue weighted by Crippen LogP contribution is 2.30. The summed E-state index contributed by atoms with van der Waals surface area (Å²) in [6.07, 6.45) is -0.405. The minimum absolute atomic E-state index is 0.283. The number of hydrogen-bond donors (Lipinski definition) is 1. The molecule has 0 fully saturated rings. The first-order valence-corrected chi connectivity index (χ1v) is 7.53. The van der Waals surface area contributed by atoms with E-state index in [1.165, 1.54) is 18.3 Å². The fraction of sp³-hybridized carbons (Fsp3) is 0.235. The van der Waals surface area contributed by atoms with Crippen LogP contribution in [-0.2, 0) is 0 Å². The molecule has 3 aromatic rings. The molecule has 0 aliphatic carbocycles. The number of alkyl halides is 3. The van der Waals surface area contributed by atoms with Gasteiger partial charge in [0.25, 0.3) is 0 Å². The molecule has 0 atom stereocenters. The number of rotatable bonds is 5. The van der Waals surface area contributed by atoms with E-state index in [9.17, 15) is 17.6 Å². The van der Waals surface area contributed by atoms with Gasteiger partial charge in [-0.25, -0.2) is 9.37 Å². The van der Waals surface area contributed by atoms with Crippen LogP contribution in [0.5, 0.6) is 11.5 Å². The number of nitrogens with zero attached hydrogens (tertiary/aromatic N) is 2. The third-order valence-electron chi connectivity index (χ3n) is 3.56. The van der Waals surface area contributed by atoms with Gasteiger partial charge in [-0.05, 0) is 18.6 Å². The second-order valence-corrected chi connectivity index (χ2v) is 5.55. The summed E-state index contributed by atoms with van der Waals surface area (Å²) in [5.74, 6) is 0.252. The van der Waals surface area contributed by atoms with Crippen molar-refractivity contribution in [1.82, 2.24) is 9.38 Å². The van der Waals surface area contributed by atoms with E-state index in [-0.39, 0.29) is 6.54 Å². The molecular formula is C17H15F4N3O. The van der Waals surface area contributed by atoms with Gasteiger partial charge in [-0.1, -0.05) is 6.07 Å². The predicted molar refractivity (Wildman–Crippen MR) is 85.6 cm³/mol. The zero-order valence-corrected chi connectivity index (χ0v) is 13.3. The molecule has 0 amide bonds. The van der Waals surface area contributed by atoms with Gasteiger partial charge in [0, 0.05) is 31.1 Å². The van der Waals surface area contributed by atoms with Crippen LogP contribution in [0.1, 0.15) is 12.0 Å². The number of halogens is 4. The molecule has 0 bridgehead atoms. The van der Waals surface area contributed by atoms with E-state index in [2.05, 4.69) is 10.3 Å². The zero-order valence-electron chi connectivity index (χ0n) is 13.3. The Hall–Kier alpha value is -2.77. The third-order valence-corrected chi connectivity index (χ3v) is 3.56. The second-order valence-electron chi connectivity index (χ2n) is 5.55. The number of imidazole rings is 1. The second kappa shape index (κ2) is 6.62. The number of aryl methyl sites for hydroxylation is 1. The molecule has 0 aliphatic heterocycles. The molecule has 1 aromatic carbocycles. The lowest BCUT2D eigenvalue weighted by Gasteiger charge is -2.13. The molecule has 0 unspecified atom stereocenters. The summed E-state index contributed by atoms with van der Waals surface area (Å²) >= 11 is 0. The van der Waals surface area contributed by atoms with Crippen LogP contribution in [0, 0.1) is 12.7 Å². The number of anilines is 1. The lowest BCUT2D eigenvalue weighted by atomic mass is 10.2. The molecule has 132 valence electrons. The topological polar surface area (TPSA) is 38.6 Å². The molecule has 2 heterocycles. The molecule has 0 spiro atoms. The van der Waals surface area contributed by atoms with Crippen LogP contribution in [0.4, 0.5) is 23.2 Å². The van der Waals surface area contributed by atoms with Gasteiger partial charge in [0.1, 0.15) is 17.3 Å². The molecule has 3 rings (SSSR count). The maximum atomic E-state index is 13.4. The van der Waals surface area contributed by atoms with Gasteiger partial charge in [0.2, 0.25) is 0 Å². The van der Waals surface area contributed by atoms with Crippen molar-refractivity contribution in [3.63, 3.8) is 0 Å². The average molecular weight is 353 g/mol. The first kappa shape index (κ1) is 17.1. The number of nitrogens with one attached hydrogen (secondary N) is 1. The first-order chi connectivity index (χ1) is 11.8. The minimum atomic E-state index is -4.24. The normalized spacial score (nSPS) is 11.7. The van der Waals surface area contributed by atoms with Gasteiger partial charge < -0.3 is 14.5 Å². The first-order valence-electron chi connectivity index (χ1n) is 7.53. The number of ether oxygens (including phenoxy) is 1. The molecule has 4 nitrogen and oxygen atoms in total. The van der Waals surface area contributed by atoms with Crippen LogP contribution in [0.3, 0.4) is 0 Å². The Bertz CT molecular complexity index is 889. The SMILES string of the molecule is Cc1ccc(F)cc1Oc1cc(NCCC(F)(F)F)c2nccn2c1. The van der Waals surface area contributed by atoms with Crippen molar-refractivity contribution >= 4 is 11.3 Å². The monoisotopic (exact) mass is 353 g/mol. The summed E-state index contributed by atoms with van der Waals surface area (Å²) in [5, 5.41) is 2.73. The summed E-state index contributed by atoms with van der Waals surface area (Å²) in [7, 11) is 0. The van der Waals surface area contributed by atoms with E-state index in [1.807, 2.05) is 0 Å². The largest absolute Gasteiger partial charge is 0.455 e. The van der Waals surface area contributed by atoms with Crippen molar-refractivity contribution < 1.29 is 22.3 Å². The van der Waals surface area contributed by atoms with Crippen molar-refractivity contribution in [2.45, 2.75) is 19.5 Å². The van der Waals surface area contributed by atoms with Crippen molar-refractivity contribution in [2.24, 2.45) is 0 Å². The molecule has 0 radical (unpaired) electrons. The van der Waals surface area contributed by atoms with Crippen LogP contribution in [0.2, 0.25) is 0 Å². The van der Waals surface area contributed by atoms with Crippen molar-refractivity contribution in [3.8, 4) is 11.5 Å². The molecular weight excluding hydrogens is 338 g/mol. The minimum Gasteiger partial charge on any atom is -0.455 e. The summed E-state index contributed by atoms with van der Waals surface area (Å²) in [4.78, 5) is 4.12. The lowest BCUT2D eigenvalue weighted by molar-refractivity contribution is -0.131. The maximum Gasteiger partial charge on any atom is 0.390 e. The molecule has 0 saturated heterocycles. The fourth-order valence-electron chi connectivity index (χ4n) is 2.34. The fourth-order valence-corrected chi connectivity index (χ4v) is 2.34. The number of pyridine rings is 1. The van der Waals surface area contributed by atoms with Crippen LogP contribution in [0.25, 0.3) is 5.65 Å². The van der Waals surface area contributed by atoms with E-state index in [0.29, 0.717) is 22.8 Å². The summed E-state index contributed by atoms with van der Waals surface area (Å²) in [6, 6.07) is 5.71. The standard InChI is InChI=1S/C17H15F4N3O/c1-11-2-3-12(18)8-15(11)25-13-9-14(22-5-4-17(19,20)21)16-23-6-7-24(16)10-13/h2-3,6-10,22H,4-5H2,1H3. The van der Waals surface area contributed by atoms with Crippen molar-refractivity contribution in [2.75, 3.05) is 11.9 Å². The maximum absolute atomic E-state index is 13.4. The van der Waals surface area contributed by atoms with Crippen LogP contribution in [0.15, 0.2) is 42.9 Å². The number of fused-ring (bicyclic) bond motifs is 1. The molecule has 2 aromatic heterocycles.